The van der Waals surface area contributed by atoms with Gasteiger partial charge in [0.2, 0.25) is 0 Å². The molecule has 0 aromatic heterocycles. The number of benzene rings is 2. The smallest absolute Gasteiger partial charge is 0.313 e. The van der Waals surface area contributed by atoms with Gasteiger partial charge in [0, 0.05) is 0 Å². The minimum Gasteiger partial charge on any atom is -0.481 e. The molecule has 0 aliphatic carbocycles. The molecule has 0 aliphatic heterocycles. The van der Waals surface area contributed by atoms with Crippen LogP contribution in [0.15, 0.2) is 42.5 Å². The van der Waals surface area contributed by atoms with Crippen molar-refractivity contribution in [1.29, 1.82) is 0 Å². The fourth-order valence-electron chi connectivity index (χ4n) is 2.50. The van der Waals surface area contributed by atoms with E-state index in [2.05, 4.69) is 12.6 Å². The van der Waals surface area contributed by atoms with Crippen LogP contribution in [0.2, 0.25) is 0 Å². The van der Waals surface area contributed by atoms with Gasteiger partial charge in [-0.3, -0.25) is 4.79 Å². The van der Waals surface area contributed by atoms with Gasteiger partial charge in [0.1, 0.15) is 0 Å². The molecule has 2 nitrogen and oxygen atoms in total. The first-order valence-corrected chi connectivity index (χ1v) is 7.05. The van der Waals surface area contributed by atoms with Crippen LogP contribution in [0.25, 0.3) is 10.8 Å². The van der Waals surface area contributed by atoms with Crippen molar-refractivity contribution in [1.82, 2.24) is 0 Å². The second-order valence-electron chi connectivity index (χ2n) is 4.99. The van der Waals surface area contributed by atoms with Crippen LogP contribution in [0.5, 0.6) is 0 Å². The first-order chi connectivity index (χ1) is 9.09. The van der Waals surface area contributed by atoms with Gasteiger partial charge in [0.05, 0.1) is 5.41 Å². The average molecular weight is 274 g/mol. The van der Waals surface area contributed by atoms with Crippen LogP contribution in [0.4, 0.5) is 0 Å². The average Bonchev–Trinajstić information content (AvgIpc) is 2.44. The first-order valence-electron chi connectivity index (χ1n) is 6.42. The van der Waals surface area contributed by atoms with Crippen molar-refractivity contribution in [3.05, 3.63) is 48.0 Å². The Bertz CT molecular complexity index is 589. The van der Waals surface area contributed by atoms with E-state index in [0.717, 1.165) is 22.8 Å². The number of fused-ring (bicyclic) bond motifs is 1. The molecule has 0 spiro atoms. The van der Waals surface area contributed by atoms with E-state index >= 15 is 0 Å². The molecule has 2 aromatic rings. The summed E-state index contributed by atoms with van der Waals surface area (Å²) in [6.45, 7) is 1.81. The van der Waals surface area contributed by atoms with Crippen LogP contribution in [0.1, 0.15) is 25.3 Å². The van der Waals surface area contributed by atoms with E-state index in [1.165, 1.54) is 0 Å². The Labute approximate surface area is 118 Å². The Morgan fingerprint density at radius 1 is 1.21 bits per heavy atom. The third-order valence-corrected chi connectivity index (χ3v) is 4.01. The van der Waals surface area contributed by atoms with Crippen molar-refractivity contribution in [3.63, 3.8) is 0 Å². The Kier molecular flexibility index (Phi) is 4.15. The SMILES string of the molecule is CC(CCCS)(C(=O)O)c1cccc2ccccc12. The lowest BCUT2D eigenvalue weighted by Crippen LogP contribution is -2.32. The summed E-state index contributed by atoms with van der Waals surface area (Å²) in [5, 5.41) is 11.8. The summed E-state index contributed by atoms with van der Waals surface area (Å²) in [5.41, 5.74) is 0.0312. The van der Waals surface area contributed by atoms with E-state index in [9.17, 15) is 9.90 Å². The maximum absolute atomic E-state index is 11.7. The normalized spacial score (nSPS) is 14.2. The molecule has 2 aromatic carbocycles. The summed E-state index contributed by atoms with van der Waals surface area (Å²) >= 11 is 4.19. The number of carbonyl (C=O) groups is 1. The van der Waals surface area contributed by atoms with Gasteiger partial charge in [-0.2, -0.15) is 12.6 Å². The molecule has 0 saturated carbocycles. The molecular weight excluding hydrogens is 256 g/mol. The van der Waals surface area contributed by atoms with Crippen molar-refractivity contribution in [3.8, 4) is 0 Å². The van der Waals surface area contributed by atoms with E-state index in [-0.39, 0.29) is 0 Å². The molecule has 0 amide bonds. The summed E-state index contributed by atoms with van der Waals surface area (Å²) in [7, 11) is 0. The molecule has 3 heteroatoms. The van der Waals surface area contributed by atoms with Crippen molar-refractivity contribution in [2.75, 3.05) is 5.75 Å². The number of carboxylic acid groups (broad SMARTS) is 1. The zero-order valence-electron chi connectivity index (χ0n) is 11.0. The first kappa shape index (κ1) is 13.9. The zero-order valence-corrected chi connectivity index (χ0v) is 11.9. The van der Waals surface area contributed by atoms with Crippen LogP contribution in [-0.4, -0.2) is 16.8 Å². The largest absolute Gasteiger partial charge is 0.481 e. The quantitative estimate of drug-likeness (QED) is 0.812. The minimum absolute atomic E-state index is 0.597. The fourth-order valence-corrected chi connectivity index (χ4v) is 2.65. The Balaban J connectivity index is 2.59. The van der Waals surface area contributed by atoms with Crippen molar-refractivity contribution in [2.45, 2.75) is 25.2 Å². The zero-order chi connectivity index (χ0) is 13.9. The molecule has 0 fully saturated rings. The topological polar surface area (TPSA) is 37.3 Å². The lowest BCUT2D eigenvalue weighted by atomic mass is 9.76. The number of thiol groups is 1. The van der Waals surface area contributed by atoms with Gasteiger partial charge in [-0.1, -0.05) is 42.5 Å². The Morgan fingerprint density at radius 3 is 2.58 bits per heavy atom. The molecule has 1 unspecified atom stereocenters. The van der Waals surface area contributed by atoms with Gasteiger partial charge < -0.3 is 5.11 Å². The summed E-state index contributed by atoms with van der Waals surface area (Å²) in [5.74, 6) is -0.0705. The van der Waals surface area contributed by atoms with Gasteiger partial charge in [0.25, 0.3) is 0 Å². The van der Waals surface area contributed by atoms with Crippen LogP contribution >= 0.6 is 12.6 Å². The molecule has 0 aliphatic rings. The number of rotatable bonds is 5. The highest BCUT2D eigenvalue weighted by atomic mass is 32.1. The van der Waals surface area contributed by atoms with Crippen molar-refractivity contribution in [2.24, 2.45) is 0 Å². The lowest BCUT2D eigenvalue weighted by molar-refractivity contribution is -0.143. The van der Waals surface area contributed by atoms with E-state index < -0.39 is 11.4 Å². The van der Waals surface area contributed by atoms with Gasteiger partial charge in [-0.05, 0) is 41.9 Å². The van der Waals surface area contributed by atoms with Crippen LogP contribution < -0.4 is 0 Å². The molecular formula is C16H18O2S. The van der Waals surface area contributed by atoms with Gasteiger partial charge in [0.15, 0.2) is 0 Å². The van der Waals surface area contributed by atoms with Gasteiger partial charge in [-0.25, -0.2) is 0 Å². The molecule has 0 radical (unpaired) electrons. The van der Waals surface area contributed by atoms with E-state index in [1.54, 1.807) is 6.92 Å². The molecule has 1 N–H and O–H groups in total. The summed E-state index contributed by atoms with van der Waals surface area (Å²) in [4.78, 5) is 11.7. The van der Waals surface area contributed by atoms with Crippen LogP contribution in [-0.2, 0) is 10.2 Å². The number of hydrogen-bond acceptors (Lipinski definition) is 2. The Morgan fingerprint density at radius 2 is 1.89 bits per heavy atom. The van der Waals surface area contributed by atoms with Gasteiger partial charge in [-0.15, -0.1) is 0 Å². The van der Waals surface area contributed by atoms with E-state index in [4.69, 9.17) is 0 Å². The number of aliphatic carboxylic acids is 1. The van der Waals surface area contributed by atoms with E-state index in [0.29, 0.717) is 12.2 Å². The molecule has 19 heavy (non-hydrogen) atoms. The molecule has 0 bridgehead atoms. The highest BCUT2D eigenvalue weighted by molar-refractivity contribution is 7.80. The maximum atomic E-state index is 11.7. The van der Waals surface area contributed by atoms with Crippen LogP contribution in [0.3, 0.4) is 0 Å². The van der Waals surface area contributed by atoms with E-state index in [1.807, 2.05) is 42.5 Å². The highest BCUT2D eigenvalue weighted by Gasteiger charge is 2.35. The second-order valence-corrected chi connectivity index (χ2v) is 5.44. The van der Waals surface area contributed by atoms with Crippen molar-refractivity contribution < 1.29 is 9.90 Å². The van der Waals surface area contributed by atoms with Crippen LogP contribution in [0, 0.1) is 0 Å². The third-order valence-electron chi connectivity index (χ3n) is 3.69. The van der Waals surface area contributed by atoms with Gasteiger partial charge >= 0.3 is 5.97 Å². The predicted octanol–water partition coefficient (Wildman–Crippen LogP) is 3.89. The Hall–Kier alpha value is -1.48. The molecule has 2 rings (SSSR count). The number of hydrogen-bond donors (Lipinski definition) is 2. The third kappa shape index (κ3) is 2.61. The highest BCUT2D eigenvalue weighted by Crippen LogP contribution is 2.34. The maximum Gasteiger partial charge on any atom is 0.313 e. The summed E-state index contributed by atoms with van der Waals surface area (Å²) in [6.07, 6.45) is 1.38. The molecule has 0 saturated heterocycles. The summed E-state index contributed by atoms with van der Waals surface area (Å²) in [6, 6.07) is 13.8. The lowest BCUT2D eigenvalue weighted by Gasteiger charge is -2.26. The molecule has 1 atom stereocenters. The monoisotopic (exact) mass is 274 g/mol. The fraction of sp³-hybridized carbons (Fsp3) is 0.312. The second kappa shape index (κ2) is 5.66. The van der Waals surface area contributed by atoms with Crippen molar-refractivity contribution >= 4 is 29.4 Å². The number of carboxylic acids is 1. The standard InChI is InChI=1S/C16H18O2S/c1-16(15(17)18,10-5-11-19)14-9-4-7-12-6-2-3-8-13(12)14/h2-4,6-9,19H,5,10-11H2,1H3,(H,17,18). The molecule has 0 heterocycles. The predicted molar refractivity (Wildman–Crippen MR) is 82.0 cm³/mol. The molecule has 100 valence electrons. The minimum atomic E-state index is -0.858. The summed E-state index contributed by atoms with van der Waals surface area (Å²) < 4.78 is 0.